The molecular formula is C10H18N4S. The maximum Gasteiger partial charge on any atom is 0.191 e. The van der Waals surface area contributed by atoms with E-state index in [1.54, 1.807) is 18.4 Å². The maximum atomic E-state index is 4.27. The minimum absolute atomic E-state index is 0.384. The third-order valence-electron chi connectivity index (χ3n) is 1.73. The fraction of sp³-hybridized carbons (Fsp3) is 0.600. The van der Waals surface area contributed by atoms with Crippen molar-refractivity contribution in [1.29, 1.82) is 0 Å². The van der Waals surface area contributed by atoms with Crippen molar-refractivity contribution in [2.45, 2.75) is 33.4 Å². The molecule has 84 valence electrons. The van der Waals surface area contributed by atoms with Gasteiger partial charge in [0.2, 0.25) is 0 Å². The minimum Gasteiger partial charge on any atom is -0.354 e. The molecular weight excluding hydrogens is 208 g/mol. The first-order valence-electron chi connectivity index (χ1n) is 5.00. The van der Waals surface area contributed by atoms with E-state index in [4.69, 9.17) is 0 Å². The van der Waals surface area contributed by atoms with Crippen LogP contribution in [0.2, 0.25) is 0 Å². The summed E-state index contributed by atoms with van der Waals surface area (Å²) in [4.78, 5) is 9.63. The average molecular weight is 226 g/mol. The molecule has 0 aliphatic carbocycles. The smallest absolute Gasteiger partial charge is 0.191 e. The summed E-state index contributed by atoms with van der Waals surface area (Å²) in [5.41, 5.74) is 0. The zero-order valence-electron chi connectivity index (χ0n) is 9.66. The van der Waals surface area contributed by atoms with Crippen molar-refractivity contribution in [1.82, 2.24) is 15.6 Å². The summed E-state index contributed by atoms with van der Waals surface area (Å²) in [6.07, 6.45) is 1.89. The Balaban J connectivity index is 2.41. The highest BCUT2D eigenvalue weighted by molar-refractivity contribution is 7.11. The molecule has 0 fully saturated rings. The quantitative estimate of drug-likeness (QED) is 0.607. The van der Waals surface area contributed by atoms with Gasteiger partial charge in [0, 0.05) is 24.2 Å². The van der Waals surface area contributed by atoms with E-state index in [2.05, 4.69) is 41.4 Å². The van der Waals surface area contributed by atoms with Crippen LogP contribution in [0.3, 0.4) is 0 Å². The zero-order valence-corrected chi connectivity index (χ0v) is 10.5. The highest BCUT2D eigenvalue weighted by Crippen LogP contribution is 2.10. The minimum atomic E-state index is 0.384. The van der Waals surface area contributed by atoms with E-state index in [1.165, 1.54) is 4.88 Å². The van der Waals surface area contributed by atoms with Gasteiger partial charge in [-0.3, -0.25) is 4.99 Å². The van der Waals surface area contributed by atoms with Crippen LogP contribution < -0.4 is 10.6 Å². The van der Waals surface area contributed by atoms with Crippen LogP contribution in [0.1, 0.15) is 23.7 Å². The van der Waals surface area contributed by atoms with Crippen molar-refractivity contribution >= 4 is 17.3 Å². The lowest BCUT2D eigenvalue weighted by atomic mass is 10.4. The molecule has 0 bridgehead atoms. The van der Waals surface area contributed by atoms with Crippen molar-refractivity contribution in [2.75, 3.05) is 7.05 Å². The number of nitrogens with zero attached hydrogens (tertiary/aromatic N) is 2. The number of aryl methyl sites for hydroxylation is 1. The van der Waals surface area contributed by atoms with Gasteiger partial charge in [-0.2, -0.15) is 0 Å². The van der Waals surface area contributed by atoms with Gasteiger partial charge in [-0.1, -0.05) is 0 Å². The molecule has 0 radical (unpaired) electrons. The lowest BCUT2D eigenvalue weighted by Crippen LogP contribution is -2.40. The molecule has 0 saturated carbocycles. The molecule has 0 saturated heterocycles. The van der Waals surface area contributed by atoms with Crippen LogP contribution in [0.4, 0.5) is 0 Å². The monoisotopic (exact) mass is 226 g/mol. The molecule has 0 unspecified atom stereocenters. The van der Waals surface area contributed by atoms with Gasteiger partial charge in [0.05, 0.1) is 6.54 Å². The Labute approximate surface area is 94.8 Å². The molecule has 5 heteroatoms. The van der Waals surface area contributed by atoms with E-state index in [-0.39, 0.29) is 0 Å². The van der Waals surface area contributed by atoms with Gasteiger partial charge in [0.1, 0.15) is 5.01 Å². The molecule has 0 spiro atoms. The van der Waals surface area contributed by atoms with Gasteiger partial charge in [-0.15, -0.1) is 11.3 Å². The fourth-order valence-corrected chi connectivity index (χ4v) is 1.84. The summed E-state index contributed by atoms with van der Waals surface area (Å²) in [6, 6.07) is 0.384. The number of guanidine groups is 1. The molecule has 0 amide bonds. The Bertz CT molecular complexity index is 330. The molecule has 0 aromatic carbocycles. The van der Waals surface area contributed by atoms with E-state index < -0.39 is 0 Å². The summed E-state index contributed by atoms with van der Waals surface area (Å²) in [6.45, 7) is 6.95. The summed E-state index contributed by atoms with van der Waals surface area (Å²) in [5, 5.41) is 7.52. The molecule has 1 aromatic heterocycles. The molecule has 1 heterocycles. The normalized spacial score (nSPS) is 11.9. The van der Waals surface area contributed by atoms with Gasteiger partial charge in [0.15, 0.2) is 5.96 Å². The molecule has 0 aliphatic rings. The number of thiazole rings is 1. The van der Waals surface area contributed by atoms with Crippen LogP contribution in [0, 0.1) is 6.92 Å². The van der Waals surface area contributed by atoms with Crippen molar-refractivity contribution in [3.63, 3.8) is 0 Å². The maximum absolute atomic E-state index is 4.27. The van der Waals surface area contributed by atoms with Crippen LogP contribution in [-0.4, -0.2) is 24.0 Å². The number of aromatic nitrogens is 1. The third kappa shape index (κ3) is 4.29. The highest BCUT2D eigenvalue weighted by Gasteiger charge is 2.02. The van der Waals surface area contributed by atoms with Crippen LogP contribution >= 0.6 is 11.3 Å². The summed E-state index contributed by atoms with van der Waals surface area (Å²) in [5.74, 6) is 0.817. The zero-order chi connectivity index (χ0) is 11.3. The second-order valence-corrected chi connectivity index (χ2v) is 4.91. The second-order valence-electron chi connectivity index (χ2n) is 3.59. The first-order valence-corrected chi connectivity index (χ1v) is 5.82. The summed E-state index contributed by atoms with van der Waals surface area (Å²) >= 11 is 1.70. The van der Waals surface area contributed by atoms with E-state index in [0.717, 1.165) is 17.5 Å². The number of hydrogen-bond donors (Lipinski definition) is 2. The lowest BCUT2D eigenvalue weighted by molar-refractivity contribution is 0.698. The molecule has 2 N–H and O–H groups in total. The first-order chi connectivity index (χ1) is 7.11. The molecule has 1 aromatic rings. The van der Waals surface area contributed by atoms with E-state index in [1.807, 2.05) is 6.20 Å². The topological polar surface area (TPSA) is 49.3 Å². The molecule has 0 atom stereocenters. The van der Waals surface area contributed by atoms with Crippen LogP contribution in [0.5, 0.6) is 0 Å². The molecule has 1 rings (SSSR count). The van der Waals surface area contributed by atoms with Crippen molar-refractivity contribution in [3.8, 4) is 0 Å². The first kappa shape index (κ1) is 12.0. The van der Waals surface area contributed by atoms with Crippen molar-refractivity contribution in [3.05, 3.63) is 16.1 Å². The number of rotatable bonds is 3. The highest BCUT2D eigenvalue weighted by atomic mass is 32.1. The molecule has 0 aliphatic heterocycles. The van der Waals surface area contributed by atoms with Crippen LogP contribution in [-0.2, 0) is 6.54 Å². The standard InChI is InChI=1S/C10H18N4S/c1-7(2)14-10(11-4)13-6-9-12-5-8(3)15-9/h5,7H,6H2,1-4H3,(H2,11,13,14). The largest absolute Gasteiger partial charge is 0.354 e. The summed E-state index contributed by atoms with van der Waals surface area (Å²) < 4.78 is 0. The van der Waals surface area contributed by atoms with Gasteiger partial charge in [0.25, 0.3) is 0 Å². The Kier molecular flexibility index (Phi) is 4.55. The molecule has 15 heavy (non-hydrogen) atoms. The Morgan fingerprint density at radius 3 is 2.80 bits per heavy atom. The van der Waals surface area contributed by atoms with Crippen LogP contribution in [0.15, 0.2) is 11.2 Å². The van der Waals surface area contributed by atoms with Gasteiger partial charge < -0.3 is 10.6 Å². The summed E-state index contributed by atoms with van der Waals surface area (Å²) in [7, 11) is 1.77. The van der Waals surface area contributed by atoms with Crippen molar-refractivity contribution < 1.29 is 0 Å². The van der Waals surface area contributed by atoms with Gasteiger partial charge in [-0.25, -0.2) is 4.98 Å². The second kappa shape index (κ2) is 5.70. The van der Waals surface area contributed by atoms with Crippen LogP contribution in [0.25, 0.3) is 0 Å². The fourth-order valence-electron chi connectivity index (χ4n) is 1.11. The number of hydrogen-bond acceptors (Lipinski definition) is 3. The van der Waals surface area contributed by atoms with Gasteiger partial charge >= 0.3 is 0 Å². The number of aliphatic imine (C=N–C) groups is 1. The van der Waals surface area contributed by atoms with Crippen molar-refractivity contribution in [2.24, 2.45) is 4.99 Å². The Morgan fingerprint density at radius 1 is 1.60 bits per heavy atom. The molecule has 4 nitrogen and oxygen atoms in total. The van der Waals surface area contributed by atoms with Gasteiger partial charge in [-0.05, 0) is 20.8 Å². The predicted octanol–water partition coefficient (Wildman–Crippen LogP) is 1.52. The number of nitrogens with one attached hydrogen (secondary N) is 2. The SMILES string of the molecule is CN=C(NCc1ncc(C)s1)NC(C)C. The Morgan fingerprint density at radius 2 is 2.33 bits per heavy atom. The predicted molar refractivity (Wildman–Crippen MR) is 65.3 cm³/mol. The average Bonchev–Trinajstić information content (AvgIpc) is 2.58. The van der Waals surface area contributed by atoms with E-state index in [9.17, 15) is 0 Å². The lowest BCUT2D eigenvalue weighted by Gasteiger charge is -2.13. The van der Waals surface area contributed by atoms with E-state index in [0.29, 0.717) is 6.04 Å². The Hall–Kier alpha value is -1.10. The third-order valence-corrected chi connectivity index (χ3v) is 2.64. The van der Waals surface area contributed by atoms with E-state index >= 15 is 0 Å².